The van der Waals surface area contributed by atoms with E-state index in [1.807, 2.05) is 0 Å². The average Bonchev–Trinajstić information content (AvgIpc) is 2.66. The van der Waals surface area contributed by atoms with E-state index in [0.717, 1.165) is 30.5 Å². The molecule has 2 saturated carbocycles. The number of nitrogens with zero attached hydrogens (tertiary/aromatic N) is 1. The monoisotopic (exact) mass is 252 g/mol. The fourth-order valence-electron chi connectivity index (χ4n) is 4.12. The van der Waals surface area contributed by atoms with Crippen molar-refractivity contribution in [3.05, 3.63) is 0 Å². The minimum atomic E-state index is 0.745. The van der Waals surface area contributed by atoms with Gasteiger partial charge in [-0.25, -0.2) is 0 Å². The number of hydrogen-bond acceptors (Lipinski definition) is 2. The first-order chi connectivity index (χ1) is 8.72. The van der Waals surface area contributed by atoms with Gasteiger partial charge in [-0.3, -0.25) is 0 Å². The third kappa shape index (κ3) is 3.48. The summed E-state index contributed by atoms with van der Waals surface area (Å²) in [4.78, 5) is 2.72. The van der Waals surface area contributed by atoms with Crippen LogP contribution >= 0.6 is 0 Å². The van der Waals surface area contributed by atoms with Gasteiger partial charge in [-0.15, -0.1) is 0 Å². The molecule has 2 aliphatic carbocycles. The van der Waals surface area contributed by atoms with Gasteiger partial charge in [0, 0.05) is 12.1 Å². The predicted molar refractivity (Wildman–Crippen MR) is 78.6 cm³/mol. The van der Waals surface area contributed by atoms with Crippen molar-refractivity contribution in [1.82, 2.24) is 4.90 Å². The van der Waals surface area contributed by atoms with E-state index in [4.69, 9.17) is 5.73 Å². The first kappa shape index (κ1) is 14.3. The molecule has 0 aromatic rings. The highest BCUT2D eigenvalue weighted by molar-refractivity contribution is 4.88. The molecule has 0 bridgehead atoms. The van der Waals surface area contributed by atoms with Crippen LogP contribution in [0, 0.1) is 11.8 Å². The summed E-state index contributed by atoms with van der Waals surface area (Å²) < 4.78 is 0. The third-order valence-electron chi connectivity index (χ3n) is 5.44. The van der Waals surface area contributed by atoms with Gasteiger partial charge in [-0.05, 0) is 51.1 Å². The molecule has 0 spiro atoms. The van der Waals surface area contributed by atoms with Crippen LogP contribution in [-0.2, 0) is 0 Å². The van der Waals surface area contributed by atoms with Crippen molar-refractivity contribution < 1.29 is 0 Å². The summed E-state index contributed by atoms with van der Waals surface area (Å²) in [5, 5.41) is 0. The Bertz CT molecular complexity index is 233. The van der Waals surface area contributed by atoms with Crippen LogP contribution in [0.2, 0.25) is 0 Å². The predicted octanol–water partition coefficient (Wildman–Crippen LogP) is 3.40. The zero-order valence-corrected chi connectivity index (χ0v) is 12.4. The van der Waals surface area contributed by atoms with Crippen molar-refractivity contribution in [2.45, 2.75) is 76.8 Å². The maximum Gasteiger partial charge on any atom is 0.0138 e. The molecule has 0 aromatic carbocycles. The highest BCUT2D eigenvalue weighted by Gasteiger charge is 2.33. The third-order valence-corrected chi connectivity index (χ3v) is 5.44. The van der Waals surface area contributed by atoms with Gasteiger partial charge in [0.05, 0.1) is 0 Å². The van der Waals surface area contributed by atoms with Gasteiger partial charge in [0.1, 0.15) is 0 Å². The van der Waals surface area contributed by atoms with E-state index >= 15 is 0 Å². The summed E-state index contributed by atoms with van der Waals surface area (Å²) in [7, 11) is 2.38. The number of rotatable bonds is 3. The van der Waals surface area contributed by atoms with Crippen LogP contribution in [-0.4, -0.2) is 30.6 Å². The molecule has 0 radical (unpaired) electrons. The van der Waals surface area contributed by atoms with Crippen LogP contribution in [0.3, 0.4) is 0 Å². The Hall–Kier alpha value is -0.0800. The Morgan fingerprint density at radius 1 is 1.00 bits per heavy atom. The quantitative estimate of drug-likeness (QED) is 0.780. The lowest BCUT2D eigenvalue weighted by atomic mass is 9.77. The van der Waals surface area contributed by atoms with E-state index in [1.54, 1.807) is 0 Å². The molecular formula is C16H32N2. The zero-order valence-electron chi connectivity index (χ0n) is 12.4. The molecule has 3 atom stereocenters. The van der Waals surface area contributed by atoms with Gasteiger partial charge in [-0.1, -0.05) is 39.0 Å². The molecule has 2 heteroatoms. The molecule has 2 rings (SSSR count). The lowest BCUT2D eigenvalue weighted by molar-refractivity contribution is 0.0668. The SMILES string of the molecule is CC1CCC(CN)C(N(C)C2CCCCCC2)C1. The van der Waals surface area contributed by atoms with Crippen molar-refractivity contribution in [3.63, 3.8) is 0 Å². The smallest absolute Gasteiger partial charge is 0.0138 e. The van der Waals surface area contributed by atoms with Gasteiger partial charge >= 0.3 is 0 Å². The second kappa shape index (κ2) is 6.91. The van der Waals surface area contributed by atoms with E-state index in [2.05, 4.69) is 18.9 Å². The summed E-state index contributed by atoms with van der Waals surface area (Å²) in [6, 6.07) is 1.58. The van der Waals surface area contributed by atoms with Crippen molar-refractivity contribution in [2.75, 3.05) is 13.6 Å². The summed E-state index contributed by atoms with van der Waals surface area (Å²) in [6.07, 6.45) is 12.7. The van der Waals surface area contributed by atoms with Gasteiger partial charge in [0.2, 0.25) is 0 Å². The molecule has 0 amide bonds. The van der Waals surface area contributed by atoms with E-state index in [0.29, 0.717) is 0 Å². The molecule has 2 aliphatic rings. The van der Waals surface area contributed by atoms with Gasteiger partial charge < -0.3 is 10.6 Å². The van der Waals surface area contributed by atoms with Crippen molar-refractivity contribution >= 4 is 0 Å². The molecule has 2 fully saturated rings. The molecule has 106 valence electrons. The van der Waals surface area contributed by atoms with Crippen molar-refractivity contribution in [2.24, 2.45) is 17.6 Å². The Labute approximate surface area is 113 Å². The zero-order chi connectivity index (χ0) is 13.0. The van der Waals surface area contributed by atoms with E-state index in [1.165, 1.54) is 57.8 Å². The second-order valence-electron chi connectivity index (χ2n) is 6.79. The highest BCUT2D eigenvalue weighted by Crippen LogP contribution is 2.34. The van der Waals surface area contributed by atoms with E-state index in [9.17, 15) is 0 Å². The van der Waals surface area contributed by atoms with Crippen LogP contribution in [0.4, 0.5) is 0 Å². The fraction of sp³-hybridized carbons (Fsp3) is 1.00. The molecule has 0 aromatic heterocycles. The topological polar surface area (TPSA) is 29.3 Å². The standard InChI is InChI=1S/C16H32N2/c1-13-9-10-14(12-17)16(11-13)18(2)15-7-5-3-4-6-8-15/h13-16H,3-12,17H2,1-2H3. The Morgan fingerprint density at radius 3 is 2.28 bits per heavy atom. The second-order valence-corrected chi connectivity index (χ2v) is 6.79. The van der Waals surface area contributed by atoms with Crippen LogP contribution in [0.5, 0.6) is 0 Å². The lowest BCUT2D eigenvalue weighted by Crippen LogP contribution is -2.49. The molecule has 0 heterocycles. The maximum atomic E-state index is 6.01. The van der Waals surface area contributed by atoms with Gasteiger partial charge in [0.25, 0.3) is 0 Å². The largest absolute Gasteiger partial charge is 0.330 e. The van der Waals surface area contributed by atoms with Crippen molar-refractivity contribution in [3.8, 4) is 0 Å². The Balaban J connectivity index is 1.97. The first-order valence-electron chi connectivity index (χ1n) is 8.14. The van der Waals surface area contributed by atoms with Crippen molar-refractivity contribution in [1.29, 1.82) is 0 Å². The normalized spacial score (nSPS) is 35.7. The van der Waals surface area contributed by atoms with Gasteiger partial charge in [0.15, 0.2) is 0 Å². The van der Waals surface area contributed by atoms with Gasteiger partial charge in [-0.2, -0.15) is 0 Å². The highest BCUT2D eigenvalue weighted by atomic mass is 15.2. The molecule has 0 saturated heterocycles. The van der Waals surface area contributed by atoms with Crippen LogP contribution in [0.1, 0.15) is 64.7 Å². The Kier molecular flexibility index (Phi) is 5.50. The minimum absolute atomic E-state index is 0.745. The molecule has 3 unspecified atom stereocenters. The molecule has 2 nitrogen and oxygen atoms in total. The average molecular weight is 252 g/mol. The summed E-state index contributed by atoms with van der Waals surface area (Å²) in [5.74, 6) is 1.64. The fourth-order valence-corrected chi connectivity index (χ4v) is 4.12. The summed E-state index contributed by atoms with van der Waals surface area (Å²) in [5.41, 5.74) is 6.01. The molecular weight excluding hydrogens is 220 g/mol. The van der Waals surface area contributed by atoms with Crippen LogP contribution in [0.25, 0.3) is 0 Å². The van der Waals surface area contributed by atoms with E-state index in [-0.39, 0.29) is 0 Å². The molecule has 0 aliphatic heterocycles. The summed E-state index contributed by atoms with van der Waals surface area (Å²) in [6.45, 7) is 3.30. The lowest BCUT2D eigenvalue weighted by Gasteiger charge is -2.43. The summed E-state index contributed by atoms with van der Waals surface area (Å²) >= 11 is 0. The van der Waals surface area contributed by atoms with Crippen LogP contribution < -0.4 is 5.73 Å². The number of nitrogens with two attached hydrogens (primary N) is 1. The van der Waals surface area contributed by atoms with E-state index < -0.39 is 0 Å². The molecule has 18 heavy (non-hydrogen) atoms. The first-order valence-corrected chi connectivity index (χ1v) is 8.14. The maximum absolute atomic E-state index is 6.01. The minimum Gasteiger partial charge on any atom is -0.330 e. The number of hydrogen-bond donors (Lipinski definition) is 1. The Morgan fingerprint density at radius 2 is 1.67 bits per heavy atom. The molecule has 2 N–H and O–H groups in total. The van der Waals surface area contributed by atoms with Crippen LogP contribution in [0.15, 0.2) is 0 Å².